The van der Waals surface area contributed by atoms with Crippen LogP contribution in [0.15, 0.2) is 36.7 Å². The van der Waals surface area contributed by atoms with Crippen LogP contribution in [0.25, 0.3) is 5.69 Å². The summed E-state index contributed by atoms with van der Waals surface area (Å²) in [6.45, 7) is 4.06. The third kappa shape index (κ3) is 3.11. The molecule has 1 heterocycles. The molecule has 0 radical (unpaired) electrons. The average molecular weight is 245 g/mol. The van der Waals surface area contributed by atoms with Crippen LogP contribution < -0.4 is 10.1 Å². The summed E-state index contributed by atoms with van der Waals surface area (Å²) < 4.78 is 7.01. The standard InChI is InChI=1S/C14H19N3O/c1-3-8-15-9-12-10-16-17(11-12)13-4-6-14(18-2)7-5-13/h4-7,10-11,15H,3,8-9H2,1-2H3. The molecule has 0 saturated carbocycles. The van der Waals surface area contributed by atoms with Crippen LogP contribution in [0.4, 0.5) is 0 Å². The van der Waals surface area contributed by atoms with E-state index in [-0.39, 0.29) is 0 Å². The van der Waals surface area contributed by atoms with Gasteiger partial charge in [0.2, 0.25) is 0 Å². The third-order valence-corrected chi connectivity index (χ3v) is 2.73. The molecule has 96 valence electrons. The van der Waals surface area contributed by atoms with Gasteiger partial charge in [0.05, 0.1) is 19.0 Å². The van der Waals surface area contributed by atoms with E-state index in [9.17, 15) is 0 Å². The second kappa shape index (κ2) is 6.21. The van der Waals surface area contributed by atoms with Gasteiger partial charge in [-0.15, -0.1) is 0 Å². The molecule has 4 heteroatoms. The van der Waals surface area contributed by atoms with Gasteiger partial charge in [0, 0.05) is 18.3 Å². The Bertz CT molecular complexity index is 476. The van der Waals surface area contributed by atoms with E-state index in [1.54, 1.807) is 7.11 Å². The Labute approximate surface area is 108 Å². The van der Waals surface area contributed by atoms with Crippen molar-refractivity contribution in [3.63, 3.8) is 0 Å². The number of aromatic nitrogens is 2. The number of hydrogen-bond acceptors (Lipinski definition) is 3. The topological polar surface area (TPSA) is 39.1 Å². The highest BCUT2D eigenvalue weighted by atomic mass is 16.5. The summed E-state index contributed by atoms with van der Waals surface area (Å²) in [6, 6.07) is 7.86. The monoisotopic (exact) mass is 245 g/mol. The summed E-state index contributed by atoms with van der Waals surface area (Å²) in [5.41, 5.74) is 2.23. The first-order chi connectivity index (χ1) is 8.83. The molecule has 0 amide bonds. The summed E-state index contributed by atoms with van der Waals surface area (Å²) in [5, 5.41) is 7.72. The van der Waals surface area contributed by atoms with Crippen molar-refractivity contribution in [3.8, 4) is 11.4 Å². The van der Waals surface area contributed by atoms with E-state index in [4.69, 9.17) is 4.74 Å². The van der Waals surface area contributed by atoms with Gasteiger partial charge < -0.3 is 10.1 Å². The number of nitrogens with zero attached hydrogens (tertiary/aromatic N) is 2. The van der Waals surface area contributed by atoms with Crippen molar-refractivity contribution < 1.29 is 4.74 Å². The molecular weight excluding hydrogens is 226 g/mol. The maximum absolute atomic E-state index is 5.14. The lowest BCUT2D eigenvalue weighted by atomic mass is 10.3. The Morgan fingerprint density at radius 2 is 2.06 bits per heavy atom. The van der Waals surface area contributed by atoms with Gasteiger partial charge in [-0.1, -0.05) is 6.92 Å². The fourth-order valence-electron chi connectivity index (χ4n) is 1.74. The van der Waals surface area contributed by atoms with E-state index in [1.165, 1.54) is 5.56 Å². The van der Waals surface area contributed by atoms with Crippen LogP contribution in [-0.4, -0.2) is 23.4 Å². The minimum Gasteiger partial charge on any atom is -0.497 e. The normalized spacial score (nSPS) is 10.6. The lowest BCUT2D eigenvalue weighted by molar-refractivity contribution is 0.414. The molecule has 0 saturated heterocycles. The summed E-state index contributed by atoms with van der Waals surface area (Å²) in [5.74, 6) is 0.857. The van der Waals surface area contributed by atoms with Gasteiger partial charge in [0.25, 0.3) is 0 Å². The summed E-state index contributed by atoms with van der Waals surface area (Å²) >= 11 is 0. The highest BCUT2D eigenvalue weighted by Gasteiger charge is 2.01. The summed E-state index contributed by atoms with van der Waals surface area (Å²) in [7, 11) is 1.67. The molecule has 0 spiro atoms. The number of nitrogens with one attached hydrogen (secondary N) is 1. The van der Waals surface area contributed by atoms with Crippen molar-refractivity contribution in [2.75, 3.05) is 13.7 Å². The third-order valence-electron chi connectivity index (χ3n) is 2.73. The molecule has 0 fully saturated rings. The Hall–Kier alpha value is -1.81. The Morgan fingerprint density at radius 3 is 2.72 bits per heavy atom. The van der Waals surface area contributed by atoms with Crippen molar-refractivity contribution in [1.29, 1.82) is 0 Å². The lowest BCUT2D eigenvalue weighted by Crippen LogP contribution is -2.13. The zero-order valence-electron chi connectivity index (χ0n) is 10.9. The zero-order chi connectivity index (χ0) is 12.8. The van der Waals surface area contributed by atoms with Gasteiger partial charge in [-0.25, -0.2) is 4.68 Å². The first-order valence-corrected chi connectivity index (χ1v) is 6.22. The number of benzene rings is 1. The predicted molar refractivity (Wildman–Crippen MR) is 72.1 cm³/mol. The fraction of sp³-hybridized carbons (Fsp3) is 0.357. The van der Waals surface area contributed by atoms with Gasteiger partial charge in [0.15, 0.2) is 0 Å². The van der Waals surface area contributed by atoms with E-state index in [2.05, 4.69) is 17.3 Å². The molecule has 1 N–H and O–H groups in total. The molecule has 2 rings (SSSR count). The van der Waals surface area contributed by atoms with Crippen molar-refractivity contribution in [2.45, 2.75) is 19.9 Å². The van der Waals surface area contributed by atoms with E-state index < -0.39 is 0 Å². The number of rotatable bonds is 6. The largest absolute Gasteiger partial charge is 0.497 e. The molecule has 1 aromatic heterocycles. The van der Waals surface area contributed by atoms with Crippen LogP contribution in [0.5, 0.6) is 5.75 Å². The molecule has 0 bridgehead atoms. The Balaban J connectivity index is 2.04. The molecular formula is C14H19N3O. The fourth-order valence-corrected chi connectivity index (χ4v) is 1.74. The number of ether oxygens (including phenoxy) is 1. The minimum absolute atomic E-state index is 0.857. The van der Waals surface area contributed by atoms with E-state index in [0.717, 1.165) is 30.9 Å². The molecule has 2 aromatic rings. The molecule has 0 unspecified atom stereocenters. The van der Waals surface area contributed by atoms with Crippen molar-refractivity contribution in [1.82, 2.24) is 15.1 Å². The first-order valence-electron chi connectivity index (χ1n) is 6.22. The van der Waals surface area contributed by atoms with Crippen molar-refractivity contribution >= 4 is 0 Å². The van der Waals surface area contributed by atoms with Gasteiger partial charge >= 0.3 is 0 Å². The molecule has 18 heavy (non-hydrogen) atoms. The van der Waals surface area contributed by atoms with Crippen LogP contribution in [-0.2, 0) is 6.54 Å². The Kier molecular flexibility index (Phi) is 4.36. The number of methoxy groups -OCH3 is 1. The van der Waals surface area contributed by atoms with Gasteiger partial charge in [-0.05, 0) is 37.2 Å². The van der Waals surface area contributed by atoms with Gasteiger partial charge in [0.1, 0.15) is 5.75 Å². The van der Waals surface area contributed by atoms with Crippen LogP contribution in [0.2, 0.25) is 0 Å². The SMILES string of the molecule is CCCNCc1cnn(-c2ccc(OC)cc2)c1. The minimum atomic E-state index is 0.857. The van der Waals surface area contributed by atoms with E-state index in [1.807, 2.05) is 41.3 Å². The molecule has 0 aliphatic carbocycles. The second-order valence-corrected chi connectivity index (χ2v) is 4.17. The van der Waals surface area contributed by atoms with E-state index >= 15 is 0 Å². The van der Waals surface area contributed by atoms with Crippen LogP contribution in [0.1, 0.15) is 18.9 Å². The van der Waals surface area contributed by atoms with Crippen molar-refractivity contribution in [2.24, 2.45) is 0 Å². The Morgan fingerprint density at radius 1 is 1.28 bits per heavy atom. The zero-order valence-corrected chi connectivity index (χ0v) is 10.9. The van der Waals surface area contributed by atoms with E-state index in [0.29, 0.717) is 0 Å². The smallest absolute Gasteiger partial charge is 0.119 e. The maximum atomic E-state index is 5.14. The van der Waals surface area contributed by atoms with Gasteiger partial charge in [-0.3, -0.25) is 0 Å². The first kappa shape index (κ1) is 12.6. The summed E-state index contributed by atoms with van der Waals surface area (Å²) in [6.07, 6.45) is 5.09. The number of hydrogen-bond donors (Lipinski definition) is 1. The molecule has 0 atom stereocenters. The van der Waals surface area contributed by atoms with Crippen LogP contribution in [0.3, 0.4) is 0 Å². The quantitative estimate of drug-likeness (QED) is 0.794. The van der Waals surface area contributed by atoms with Crippen molar-refractivity contribution in [3.05, 3.63) is 42.2 Å². The molecule has 0 aliphatic heterocycles. The maximum Gasteiger partial charge on any atom is 0.119 e. The average Bonchev–Trinajstić information content (AvgIpc) is 2.88. The highest BCUT2D eigenvalue weighted by molar-refractivity contribution is 5.37. The lowest BCUT2D eigenvalue weighted by Gasteiger charge is -2.03. The molecule has 0 aliphatic rings. The van der Waals surface area contributed by atoms with Crippen LogP contribution in [0, 0.1) is 0 Å². The van der Waals surface area contributed by atoms with Crippen LogP contribution >= 0.6 is 0 Å². The highest BCUT2D eigenvalue weighted by Crippen LogP contribution is 2.14. The predicted octanol–water partition coefficient (Wildman–Crippen LogP) is 2.38. The second-order valence-electron chi connectivity index (χ2n) is 4.17. The molecule has 1 aromatic carbocycles. The van der Waals surface area contributed by atoms with Gasteiger partial charge in [-0.2, -0.15) is 5.10 Å². The summed E-state index contributed by atoms with van der Waals surface area (Å²) in [4.78, 5) is 0. The molecule has 4 nitrogen and oxygen atoms in total.